The van der Waals surface area contributed by atoms with Gasteiger partial charge in [-0.05, 0) is 39.0 Å². The van der Waals surface area contributed by atoms with Crippen LogP contribution in [0.1, 0.15) is 60.3 Å². The van der Waals surface area contributed by atoms with E-state index in [0.29, 0.717) is 5.92 Å². The molecular formula is C13H16N2O2. The van der Waals surface area contributed by atoms with Crippen molar-refractivity contribution >= 4 is 5.97 Å². The fourth-order valence-electron chi connectivity index (χ4n) is 2.70. The lowest BCUT2D eigenvalue weighted by Crippen LogP contribution is -2.22. The number of rotatable bonds is 2. The van der Waals surface area contributed by atoms with Gasteiger partial charge in [0.2, 0.25) is 0 Å². The molecule has 1 saturated carbocycles. The molecule has 0 saturated heterocycles. The van der Waals surface area contributed by atoms with Crippen LogP contribution in [0.4, 0.5) is 0 Å². The largest absolute Gasteiger partial charge is 0.481 e. The number of carbonyl (C=O) groups is 1. The van der Waals surface area contributed by atoms with Gasteiger partial charge in [-0.2, -0.15) is 0 Å². The molecule has 2 aliphatic carbocycles. The second-order valence-electron chi connectivity index (χ2n) is 5.08. The van der Waals surface area contributed by atoms with E-state index in [1.807, 2.05) is 6.92 Å². The Bertz CT molecular complexity index is 481. The van der Waals surface area contributed by atoms with E-state index in [4.69, 9.17) is 0 Å². The van der Waals surface area contributed by atoms with Crippen LogP contribution in [-0.4, -0.2) is 21.0 Å². The van der Waals surface area contributed by atoms with Crippen molar-refractivity contribution in [2.75, 3.05) is 0 Å². The van der Waals surface area contributed by atoms with Crippen LogP contribution in [0, 0.1) is 6.92 Å². The standard InChI is InChI=1S/C13H16N2O2/c1-7-11-9(13(16)17)3-2-4-10(11)15-12(14-7)8-5-6-8/h8-9H,2-6H2,1H3,(H,16,17). The number of aromatic nitrogens is 2. The Hall–Kier alpha value is -1.45. The van der Waals surface area contributed by atoms with Gasteiger partial charge in [0.25, 0.3) is 0 Å². The summed E-state index contributed by atoms with van der Waals surface area (Å²) in [5.74, 6) is 0.334. The van der Waals surface area contributed by atoms with Crippen molar-refractivity contribution < 1.29 is 9.90 Å². The van der Waals surface area contributed by atoms with Crippen molar-refractivity contribution in [3.8, 4) is 0 Å². The molecule has 0 aliphatic heterocycles. The van der Waals surface area contributed by atoms with Crippen LogP contribution in [0.3, 0.4) is 0 Å². The monoisotopic (exact) mass is 232 g/mol. The summed E-state index contributed by atoms with van der Waals surface area (Å²) in [6.07, 6.45) is 4.91. The zero-order chi connectivity index (χ0) is 12.0. The van der Waals surface area contributed by atoms with E-state index >= 15 is 0 Å². The van der Waals surface area contributed by atoms with Gasteiger partial charge in [-0.1, -0.05) is 0 Å². The Labute approximate surface area is 100 Å². The van der Waals surface area contributed by atoms with Gasteiger partial charge in [0, 0.05) is 22.9 Å². The van der Waals surface area contributed by atoms with Gasteiger partial charge in [-0.15, -0.1) is 0 Å². The summed E-state index contributed by atoms with van der Waals surface area (Å²) in [6, 6.07) is 0. The predicted molar refractivity (Wildman–Crippen MR) is 62.1 cm³/mol. The summed E-state index contributed by atoms with van der Waals surface area (Å²) < 4.78 is 0. The average molecular weight is 232 g/mol. The first-order chi connectivity index (χ1) is 8.16. The van der Waals surface area contributed by atoms with Gasteiger partial charge in [-0.25, -0.2) is 9.97 Å². The molecule has 4 nitrogen and oxygen atoms in total. The van der Waals surface area contributed by atoms with Crippen LogP contribution in [-0.2, 0) is 11.2 Å². The number of carboxylic acid groups (broad SMARTS) is 1. The van der Waals surface area contributed by atoms with Gasteiger partial charge >= 0.3 is 5.97 Å². The Morgan fingerprint density at radius 1 is 1.29 bits per heavy atom. The van der Waals surface area contributed by atoms with Crippen molar-refractivity contribution in [2.45, 2.75) is 50.9 Å². The minimum absolute atomic E-state index is 0.396. The first-order valence-corrected chi connectivity index (χ1v) is 6.27. The van der Waals surface area contributed by atoms with Gasteiger partial charge in [0.15, 0.2) is 0 Å². The van der Waals surface area contributed by atoms with Gasteiger partial charge in [0.1, 0.15) is 5.82 Å². The highest BCUT2D eigenvalue weighted by Crippen LogP contribution is 2.40. The van der Waals surface area contributed by atoms with E-state index in [9.17, 15) is 9.90 Å². The second-order valence-corrected chi connectivity index (χ2v) is 5.08. The molecule has 1 fully saturated rings. The molecule has 0 bridgehead atoms. The minimum Gasteiger partial charge on any atom is -0.481 e. The van der Waals surface area contributed by atoms with Gasteiger partial charge in [-0.3, -0.25) is 4.79 Å². The van der Waals surface area contributed by atoms with Gasteiger partial charge in [0.05, 0.1) is 5.92 Å². The molecule has 90 valence electrons. The van der Waals surface area contributed by atoms with Crippen LogP contribution < -0.4 is 0 Å². The zero-order valence-corrected chi connectivity index (χ0v) is 9.94. The predicted octanol–water partition coefficient (Wildman–Crippen LogP) is 2.17. The minimum atomic E-state index is -0.739. The van der Waals surface area contributed by atoms with E-state index in [-0.39, 0.29) is 0 Å². The normalized spacial score (nSPS) is 23.2. The van der Waals surface area contributed by atoms with E-state index in [1.54, 1.807) is 0 Å². The molecule has 3 rings (SSSR count). The molecule has 1 atom stereocenters. The lowest BCUT2D eigenvalue weighted by atomic mass is 9.84. The third-order valence-electron chi connectivity index (χ3n) is 3.73. The van der Waals surface area contributed by atoms with Crippen molar-refractivity contribution in [3.05, 3.63) is 22.8 Å². The number of fused-ring (bicyclic) bond motifs is 1. The zero-order valence-electron chi connectivity index (χ0n) is 9.94. The number of carboxylic acids is 1. The fourth-order valence-corrected chi connectivity index (χ4v) is 2.70. The Balaban J connectivity index is 2.07. The average Bonchev–Trinajstić information content (AvgIpc) is 3.11. The fraction of sp³-hybridized carbons (Fsp3) is 0.615. The molecule has 0 spiro atoms. The van der Waals surface area contributed by atoms with Crippen LogP contribution >= 0.6 is 0 Å². The topological polar surface area (TPSA) is 63.1 Å². The van der Waals surface area contributed by atoms with Crippen molar-refractivity contribution in [1.82, 2.24) is 9.97 Å². The maximum Gasteiger partial charge on any atom is 0.311 e. The number of hydrogen-bond acceptors (Lipinski definition) is 3. The van der Waals surface area contributed by atoms with E-state index < -0.39 is 11.9 Å². The number of aliphatic carboxylic acids is 1. The summed E-state index contributed by atoms with van der Waals surface area (Å²) in [5.41, 5.74) is 2.75. The SMILES string of the molecule is Cc1nc(C2CC2)nc2c1C(C(=O)O)CCC2. The number of nitrogens with zero attached hydrogens (tertiary/aromatic N) is 2. The molecule has 1 unspecified atom stereocenters. The molecule has 1 N–H and O–H groups in total. The Morgan fingerprint density at radius 3 is 2.71 bits per heavy atom. The molecule has 1 aromatic rings. The summed E-state index contributed by atoms with van der Waals surface area (Å²) in [6.45, 7) is 1.92. The van der Waals surface area contributed by atoms with Crippen molar-refractivity contribution in [2.24, 2.45) is 0 Å². The van der Waals surface area contributed by atoms with Crippen LogP contribution in [0.5, 0.6) is 0 Å². The summed E-state index contributed by atoms with van der Waals surface area (Å²) in [4.78, 5) is 20.3. The highest BCUT2D eigenvalue weighted by atomic mass is 16.4. The molecule has 0 amide bonds. The van der Waals surface area contributed by atoms with Crippen molar-refractivity contribution in [1.29, 1.82) is 0 Å². The Morgan fingerprint density at radius 2 is 2.06 bits per heavy atom. The molecule has 0 aromatic carbocycles. The van der Waals surface area contributed by atoms with Gasteiger partial charge < -0.3 is 5.11 Å². The van der Waals surface area contributed by atoms with Crippen LogP contribution in [0.2, 0.25) is 0 Å². The van der Waals surface area contributed by atoms with Crippen LogP contribution in [0.25, 0.3) is 0 Å². The third kappa shape index (κ3) is 1.81. The maximum atomic E-state index is 11.2. The molecule has 4 heteroatoms. The maximum absolute atomic E-state index is 11.2. The lowest BCUT2D eigenvalue weighted by Gasteiger charge is -2.23. The summed E-state index contributed by atoms with van der Waals surface area (Å²) in [5, 5.41) is 9.24. The van der Waals surface area contributed by atoms with E-state index in [0.717, 1.165) is 42.0 Å². The highest BCUT2D eigenvalue weighted by Gasteiger charge is 2.33. The Kier molecular flexibility index (Phi) is 2.38. The smallest absolute Gasteiger partial charge is 0.311 e. The van der Waals surface area contributed by atoms with Crippen molar-refractivity contribution in [3.63, 3.8) is 0 Å². The molecule has 1 aromatic heterocycles. The van der Waals surface area contributed by atoms with Crippen LogP contribution in [0.15, 0.2) is 0 Å². The number of hydrogen-bond donors (Lipinski definition) is 1. The second kappa shape index (κ2) is 3.79. The highest BCUT2D eigenvalue weighted by molar-refractivity contribution is 5.77. The molecular weight excluding hydrogens is 216 g/mol. The molecule has 17 heavy (non-hydrogen) atoms. The first kappa shape index (κ1) is 10.7. The molecule has 0 radical (unpaired) electrons. The first-order valence-electron chi connectivity index (χ1n) is 6.27. The van der Waals surface area contributed by atoms with E-state index in [2.05, 4.69) is 9.97 Å². The quantitative estimate of drug-likeness (QED) is 0.848. The molecule has 1 heterocycles. The van der Waals surface area contributed by atoms with E-state index in [1.165, 1.54) is 12.8 Å². The number of aryl methyl sites for hydroxylation is 2. The third-order valence-corrected chi connectivity index (χ3v) is 3.73. The summed E-state index contributed by atoms with van der Waals surface area (Å²) >= 11 is 0. The molecule has 2 aliphatic rings. The summed E-state index contributed by atoms with van der Waals surface area (Å²) in [7, 11) is 0. The lowest BCUT2D eigenvalue weighted by molar-refractivity contribution is -0.139.